The van der Waals surface area contributed by atoms with Crippen LogP contribution in [0.15, 0.2) is 41.7 Å². The maximum Gasteiger partial charge on any atom is 0.248 e. The number of nitrogens with zero attached hydrogens (tertiary/aromatic N) is 5. The summed E-state index contributed by atoms with van der Waals surface area (Å²) in [4.78, 5) is 12.4. The van der Waals surface area contributed by atoms with Gasteiger partial charge in [-0.2, -0.15) is 5.10 Å². The van der Waals surface area contributed by atoms with Gasteiger partial charge in [-0.25, -0.2) is 0 Å². The largest absolute Gasteiger partial charge is 0.494 e. The number of thioether (sulfide) groups is 1. The number of thiocarbonyl (C=S) groups is 1. The maximum atomic E-state index is 12.4. The van der Waals surface area contributed by atoms with Gasteiger partial charge in [0, 0.05) is 25.5 Å². The predicted molar refractivity (Wildman–Crippen MR) is 137 cm³/mol. The van der Waals surface area contributed by atoms with Gasteiger partial charge in [-0.15, -0.1) is 10.2 Å². The summed E-state index contributed by atoms with van der Waals surface area (Å²) in [6.07, 6.45) is 3.96. The molecule has 0 spiro atoms. The highest BCUT2D eigenvalue weighted by Crippen LogP contribution is 2.25. The summed E-state index contributed by atoms with van der Waals surface area (Å²) in [6.45, 7) is 3.90. The van der Waals surface area contributed by atoms with Crippen LogP contribution in [0, 0.1) is 0 Å². The van der Waals surface area contributed by atoms with E-state index in [1.165, 1.54) is 11.8 Å². The molecule has 3 aromatic rings. The number of rotatable bonds is 9. The zero-order valence-corrected chi connectivity index (χ0v) is 21.2. The summed E-state index contributed by atoms with van der Waals surface area (Å²) < 4.78 is 14.9. The molecule has 0 radical (unpaired) electrons. The second-order valence-corrected chi connectivity index (χ2v) is 9.15. The van der Waals surface area contributed by atoms with Crippen LogP contribution in [0.5, 0.6) is 5.75 Å². The third kappa shape index (κ3) is 6.93. The van der Waals surface area contributed by atoms with Gasteiger partial charge < -0.3 is 14.8 Å². The number of hydrogen-bond acceptors (Lipinski definition) is 8. The molecule has 2 aromatic heterocycles. The summed E-state index contributed by atoms with van der Waals surface area (Å²) in [5.41, 5.74) is 6.82. The summed E-state index contributed by atoms with van der Waals surface area (Å²) in [6, 6.07) is 9.26. The molecule has 0 bridgehead atoms. The van der Waals surface area contributed by atoms with Gasteiger partial charge in [0.15, 0.2) is 16.1 Å². The second kappa shape index (κ2) is 12.0. The monoisotopic (exact) mass is 516 g/mol. The molecule has 13 heteroatoms. The van der Waals surface area contributed by atoms with Crippen molar-refractivity contribution in [3.8, 4) is 17.3 Å². The van der Waals surface area contributed by atoms with Gasteiger partial charge in [-0.3, -0.25) is 24.9 Å². The van der Waals surface area contributed by atoms with Gasteiger partial charge in [0.05, 0.1) is 25.0 Å². The van der Waals surface area contributed by atoms with Crippen molar-refractivity contribution in [2.24, 2.45) is 7.05 Å². The molecular formula is C22H28N8O3S2. The topological polar surface area (TPSA) is 120 Å². The first-order valence-electron chi connectivity index (χ1n) is 11.3. The summed E-state index contributed by atoms with van der Waals surface area (Å²) in [5, 5.41) is 17.0. The van der Waals surface area contributed by atoms with Gasteiger partial charge in [-0.05, 0) is 62.3 Å². The van der Waals surface area contributed by atoms with Crippen molar-refractivity contribution in [2.45, 2.75) is 37.6 Å². The van der Waals surface area contributed by atoms with E-state index in [-0.39, 0.29) is 22.9 Å². The van der Waals surface area contributed by atoms with E-state index in [1.807, 2.05) is 55.1 Å². The molecule has 0 unspecified atom stereocenters. The van der Waals surface area contributed by atoms with Gasteiger partial charge >= 0.3 is 0 Å². The van der Waals surface area contributed by atoms with Crippen LogP contribution in [0.1, 0.15) is 19.8 Å². The average molecular weight is 517 g/mol. The molecule has 0 saturated carbocycles. The van der Waals surface area contributed by atoms with Crippen LogP contribution in [0.2, 0.25) is 0 Å². The summed E-state index contributed by atoms with van der Waals surface area (Å²) in [5.74, 6) is 1.31. The minimum absolute atomic E-state index is 0.0920. The quantitative estimate of drug-likeness (QED) is 0.222. The van der Waals surface area contributed by atoms with Crippen molar-refractivity contribution < 1.29 is 14.3 Å². The number of carbonyl (C=O) groups excluding carboxylic acids is 1. The fourth-order valence-electron chi connectivity index (χ4n) is 3.53. The first-order chi connectivity index (χ1) is 17.0. The van der Waals surface area contributed by atoms with E-state index in [9.17, 15) is 4.79 Å². The Balaban J connectivity index is 1.30. The number of benzene rings is 1. The Morgan fingerprint density at radius 2 is 2.09 bits per heavy atom. The van der Waals surface area contributed by atoms with E-state index in [0.29, 0.717) is 24.1 Å². The molecule has 3 heterocycles. The molecule has 186 valence electrons. The van der Waals surface area contributed by atoms with E-state index in [0.717, 1.165) is 36.6 Å². The summed E-state index contributed by atoms with van der Waals surface area (Å²) in [7, 11) is 1.85. The van der Waals surface area contributed by atoms with Crippen LogP contribution >= 0.6 is 24.0 Å². The zero-order chi connectivity index (χ0) is 24.6. The second-order valence-electron chi connectivity index (χ2n) is 7.80. The van der Waals surface area contributed by atoms with Crippen LogP contribution in [0.3, 0.4) is 0 Å². The number of carbonyl (C=O) groups is 1. The highest BCUT2D eigenvalue weighted by Gasteiger charge is 2.23. The molecular weight excluding hydrogens is 488 g/mol. The summed E-state index contributed by atoms with van der Waals surface area (Å²) >= 11 is 6.54. The van der Waals surface area contributed by atoms with Crippen LogP contribution in [-0.2, 0) is 23.1 Å². The van der Waals surface area contributed by atoms with Crippen LogP contribution < -0.4 is 20.9 Å². The normalized spacial score (nSPS) is 15.1. The molecule has 0 aliphatic carbocycles. The van der Waals surface area contributed by atoms with Crippen LogP contribution in [0.4, 0.5) is 5.69 Å². The van der Waals surface area contributed by atoms with Crippen molar-refractivity contribution in [3.05, 3.63) is 36.5 Å². The van der Waals surface area contributed by atoms with Gasteiger partial charge in [0.1, 0.15) is 11.4 Å². The Labute approximate surface area is 212 Å². The molecule has 1 atom stereocenters. The maximum absolute atomic E-state index is 12.4. The SMILES string of the molecule is CCOc1ccc(NC(=S)NNC(=O)CSc2nnc(-c3ccn(C)n3)n2C[C@@H]2CCCO2)cc1. The molecule has 35 heavy (non-hydrogen) atoms. The highest BCUT2D eigenvalue weighted by molar-refractivity contribution is 7.99. The number of amides is 1. The molecule has 4 rings (SSSR count). The molecule has 1 aliphatic rings. The Hall–Kier alpha value is -3.16. The Morgan fingerprint density at radius 1 is 1.26 bits per heavy atom. The molecule has 1 saturated heterocycles. The van der Waals surface area contributed by atoms with Crippen molar-refractivity contribution in [2.75, 3.05) is 24.3 Å². The molecule has 1 aromatic carbocycles. The number of ether oxygens (including phenoxy) is 2. The third-order valence-corrected chi connectivity index (χ3v) is 6.31. The molecule has 1 fully saturated rings. The van der Waals surface area contributed by atoms with E-state index >= 15 is 0 Å². The zero-order valence-electron chi connectivity index (χ0n) is 19.6. The molecule has 1 aliphatic heterocycles. The lowest BCUT2D eigenvalue weighted by Gasteiger charge is -2.14. The minimum atomic E-state index is -0.253. The van der Waals surface area contributed by atoms with Crippen LogP contribution in [0.25, 0.3) is 11.5 Å². The van der Waals surface area contributed by atoms with Crippen LogP contribution in [-0.4, -0.2) is 60.6 Å². The van der Waals surface area contributed by atoms with E-state index in [2.05, 4.69) is 31.5 Å². The Morgan fingerprint density at radius 3 is 2.77 bits per heavy atom. The number of hydrogen-bond donors (Lipinski definition) is 3. The van der Waals surface area contributed by atoms with Crippen molar-refractivity contribution in [3.63, 3.8) is 0 Å². The lowest BCUT2D eigenvalue weighted by atomic mass is 10.2. The van der Waals surface area contributed by atoms with E-state index in [1.54, 1.807) is 4.68 Å². The number of hydrazine groups is 1. The van der Waals surface area contributed by atoms with Crippen molar-refractivity contribution >= 4 is 40.7 Å². The van der Waals surface area contributed by atoms with Gasteiger partial charge in [-0.1, -0.05) is 11.8 Å². The first-order valence-corrected chi connectivity index (χ1v) is 12.7. The standard InChI is InChI=1S/C22H28N8O3S2/c1-3-32-16-8-6-15(7-9-16)23-21(34)26-24-19(31)14-35-22-27-25-20(18-10-11-29(2)28-18)30(22)13-17-5-4-12-33-17/h6-11,17H,3-5,12-14H2,1-2H3,(H,24,31)(H2,23,26,34)/t17-/m0/s1. The third-order valence-electron chi connectivity index (χ3n) is 5.14. The van der Waals surface area contributed by atoms with E-state index in [4.69, 9.17) is 21.7 Å². The Bertz CT molecular complexity index is 1140. The molecule has 11 nitrogen and oxygen atoms in total. The van der Waals surface area contributed by atoms with Crippen molar-refractivity contribution in [1.82, 2.24) is 35.4 Å². The Kier molecular flexibility index (Phi) is 8.55. The predicted octanol–water partition coefficient (Wildman–Crippen LogP) is 2.37. The smallest absolute Gasteiger partial charge is 0.248 e. The van der Waals surface area contributed by atoms with E-state index < -0.39 is 0 Å². The number of aromatic nitrogens is 5. The average Bonchev–Trinajstić information content (AvgIpc) is 3.60. The number of nitrogens with one attached hydrogen (secondary N) is 3. The van der Waals surface area contributed by atoms with Gasteiger partial charge in [0.2, 0.25) is 5.91 Å². The lowest BCUT2D eigenvalue weighted by molar-refractivity contribution is -0.119. The lowest BCUT2D eigenvalue weighted by Crippen LogP contribution is -2.44. The van der Waals surface area contributed by atoms with Gasteiger partial charge in [0.25, 0.3) is 0 Å². The minimum Gasteiger partial charge on any atom is -0.494 e. The first kappa shape index (κ1) is 24.9. The number of aryl methyl sites for hydroxylation is 1. The number of anilines is 1. The fourth-order valence-corrected chi connectivity index (χ4v) is 4.45. The van der Waals surface area contributed by atoms with Crippen molar-refractivity contribution in [1.29, 1.82) is 0 Å². The molecule has 1 amide bonds. The fraction of sp³-hybridized carbons (Fsp3) is 0.409. The highest BCUT2D eigenvalue weighted by atomic mass is 32.2. The molecule has 3 N–H and O–H groups in total.